The van der Waals surface area contributed by atoms with Crippen molar-refractivity contribution in [3.63, 3.8) is 0 Å². The van der Waals surface area contributed by atoms with Crippen molar-refractivity contribution < 1.29 is 28.2 Å². The Hall–Kier alpha value is -3.80. The summed E-state index contributed by atoms with van der Waals surface area (Å²) in [5.41, 5.74) is 1.24. The third-order valence-electron chi connectivity index (χ3n) is 4.23. The van der Waals surface area contributed by atoms with E-state index in [9.17, 15) is 18.8 Å². The van der Waals surface area contributed by atoms with E-state index in [1.807, 2.05) is 6.07 Å². The molecule has 5 nitrogen and oxygen atoms in total. The Balaban J connectivity index is 1.61. The van der Waals surface area contributed by atoms with Gasteiger partial charge in [0.2, 0.25) is 0 Å². The average Bonchev–Trinajstić information content (AvgIpc) is 2.77. The highest BCUT2D eigenvalue weighted by Gasteiger charge is 2.15. The van der Waals surface area contributed by atoms with Gasteiger partial charge in [0.25, 0.3) is 0 Å². The number of Topliss-reactive ketones (excluding diaryl/α,β-unsaturated/α-hetero) is 1. The van der Waals surface area contributed by atoms with E-state index < -0.39 is 24.2 Å². The zero-order valence-corrected chi connectivity index (χ0v) is 15.6. The number of ether oxygens (including phenoxy) is 2. The number of halogens is 1. The zero-order chi connectivity index (χ0) is 20.8. The molecule has 3 aromatic carbocycles. The number of ketones is 2. The molecule has 0 N–H and O–H groups in total. The predicted molar refractivity (Wildman–Crippen MR) is 104 cm³/mol. The quantitative estimate of drug-likeness (QED) is 0.447. The fourth-order valence-electron chi connectivity index (χ4n) is 2.65. The van der Waals surface area contributed by atoms with Crippen LogP contribution in [0.3, 0.4) is 0 Å². The Kier molecular flexibility index (Phi) is 6.14. The van der Waals surface area contributed by atoms with Crippen LogP contribution in [0.2, 0.25) is 0 Å². The van der Waals surface area contributed by atoms with Gasteiger partial charge in [-0.25, -0.2) is 9.18 Å². The highest BCUT2D eigenvalue weighted by Crippen LogP contribution is 2.18. The Bertz CT molecular complexity index is 1040. The predicted octanol–water partition coefficient (Wildman–Crippen LogP) is 4.11. The van der Waals surface area contributed by atoms with Crippen molar-refractivity contribution in [2.45, 2.75) is 0 Å². The van der Waals surface area contributed by atoms with E-state index in [1.165, 1.54) is 43.5 Å². The van der Waals surface area contributed by atoms with E-state index in [1.54, 1.807) is 24.3 Å². The lowest BCUT2D eigenvalue weighted by molar-refractivity contribution is 0.0474. The summed E-state index contributed by atoms with van der Waals surface area (Å²) in [5, 5.41) is 0. The molecule has 0 amide bonds. The maximum atomic E-state index is 13.7. The van der Waals surface area contributed by atoms with Crippen molar-refractivity contribution in [3.8, 4) is 5.75 Å². The topological polar surface area (TPSA) is 69.7 Å². The Morgan fingerprint density at radius 3 is 2.00 bits per heavy atom. The number of esters is 1. The minimum Gasteiger partial charge on any atom is -0.494 e. The van der Waals surface area contributed by atoms with Crippen LogP contribution < -0.4 is 4.74 Å². The van der Waals surface area contributed by atoms with Gasteiger partial charge in [0.05, 0.1) is 12.7 Å². The van der Waals surface area contributed by atoms with Gasteiger partial charge in [0.1, 0.15) is 0 Å². The smallest absolute Gasteiger partial charge is 0.338 e. The minimum absolute atomic E-state index is 0.0173. The molecule has 0 aliphatic heterocycles. The molecule has 3 aromatic rings. The van der Waals surface area contributed by atoms with Crippen molar-refractivity contribution >= 4 is 17.5 Å². The summed E-state index contributed by atoms with van der Waals surface area (Å²) in [5.74, 6) is -2.09. The fraction of sp³-hybridized carbons (Fsp3) is 0.0870. The number of rotatable bonds is 7. The molecular formula is C23H17FO5. The summed E-state index contributed by atoms with van der Waals surface area (Å²) in [6, 6.07) is 18.5. The van der Waals surface area contributed by atoms with E-state index in [0.717, 1.165) is 6.07 Å². The summed E-state index contributed by atoms with van der Waals surface area (Å²) >= 11 is 0. The molecule has 29 heavy (non-hydrogen) atoms. The molecule has 3 rings (SSSR count). The molecule has 146 valence electrons. The van der Waals surface area contributed by atoms with Gasteiger partial charge in [-0.2, -0.15) is 0 Å². The monoisotopic (exact) mass is 392 g/mol. The first-order chi connectivity index (χ1) is 14.0. The second kappa shape index (κ2) is 8.93. The summed E-state index contributed by atoms with van der Waals surface area (Å²) in [6.45, 7) is -0.532. The first kappa shape index (κ1) is 19.9. The second-order valence-electron chi connectivity index (χ2n) is 6.12. The molecule has 0 fully saturated rings. The maximum absolute atomic E-state index is 13.7. The Morgan fingerprint density at radius 1 is 0.793 bits per heavy atom. The van der Waals surface area contributed by atoms with Crippen LogP contribution in [0.5, 0.6) is 5.75 Å². The first-order valence-electron chi connectivity index (χ1n) is 8.73. The minimum atomic E-state index is -0.717. The number of benzene rings is 3. The van der Waals surface area contributed by atoms with Gasteiger partial charge >= 0.3 is 5.97 Å². The van der Waals surface area contributed by atoms with Crippen LogP contribution in [0.15, 0.2) is 72.8 Å². The van der Waals surface area contributed by atoms with E-state index in [2.05, 4.69) is 0 Å². The number of hydrogen-bond donors (Lipinski definition) is 0. The van der Waals surface area contributed by atoms with Crippen molar-refractivity contribution in [2.24, 2.45) is 0 Å². The molecule has 0 aliphatic carbocycles. The number of carbonyl (C=O) groups excluding carboxylic acids is 3. The van der Waals surface area contributed by atoms with Gasteiger partial charge < -0.3 is 9.47 Å². The third-order valence-corrected chi connectivity index (χ3v) is 4.23. The summed E-state index contributed by atoms with van der Waals surface area (Å²) in [7, 11) is 1.32. The van der Waals surface area contributed by atoms with Crippen molar-refractivity contribution in [3.05, 3.63) is 101 Å². The molecule has 0 spiro atoms. The fourth-order valence-corrected chi connectivity index (χ4v) is 2.65. The SMILES string of the molecule is COc1ccc(C(=O)COC(=O)c2ccc(C(=O)c3ccccc3)cc2)cc1F. The summed E-state index contributed by atoms with van der Waals surface area (Å²) in [6.07, 6.45) is 0. The summed E-state index contributed by atoms with van der Waals surface area (Å²) < 4.78 is 23.5. The van der Waals surface area contributed by atoms with Crippen molar-refractivity contribution in [2.75, 3.05) is 13.7 Å². The lowest BCUT2D eigenvalue weighted by atomic mass is 10.0. The average molecular weight is 392 g/mol. The van der Waals surface area contributed by atoms with Gasteiger partial charge in [0.15, 0.2) is 29.7 Å². The summed E-state index contributed by atoms with van der Waals surface area (Å²) in [4.78, 5) is 36.6. The van der Waals surface area contributed by atoms with Crippen LogP contribution in [0.4, 0.5) is 4.39 Å². The lowest BCUT2D eigenvalue weighted by Gasteiger charge is -2.07. The van der Waals surface area contributed by atoms with Crippen LogP contribution in [0.25, 0.3) is 0 Å². The van der Waals surface area contributed by atoms with Gasteiger partial charge in [-0.3, -0.25) is 9.59 Å². The van der Waals surface area contributed by atoms with Gasteiger partial charge in [0, 0.05) is 16.7 Å². The Labute approximate surface area is 166 Å². The molecule has 0 atom stereocenters. The molecule has 0 saturated carbocycles. The van der Waals surface area contributed by atoms with Gasteiger partial charge in [-0.1, -0.05) is 42.5 Å². The van der Waals surface area contributed by atoms with Crippen molar-refractivity contribution in [1.29, 1.82) is 0 Å². The van der Waals surface area contributed by atoms with E-state index in [0.29, 0.717) is 11.1 Å². The van der Waals surface area contributed by atoms with Crippen LogP contribution in [-0.2, 0) is 4.74 Å². The molecule has 0 aliphatic rings. The van der Waals surface area contributed by atoms with Gasteiger partial charge in [-0.15, -0.1) is 0 Å². The van der Waals surface area contributed by atoms with Crippen LogP contribution >= 0.6 is 0 Å². The van der Waals surface area contributed by atoms with Crippen LogP contribution in [-0.4, -0.2) is 31.3 Å². The highest BCUT2D eigenvalue weighted by molar-refractivity contribution is 6.09. The van der Waals surface area contributed by atoms with Gasteiger partial charge in [-0.05, 0) is 30.3 Å². The van der Waals surface area contributed by atoms with Crippen LogP contribution in [0.1, 0.15) is 36.6 Å². The Morgan fingerprint density at radius 2 is 1.38 bits per heavy atom. The van der Waals surface area contributed by atoms with Crippen LogP contribution in [0, 0.1) is 5.82 Å². The molecule has 0 radical (unpaired) electrons. The van der Waals surface area contributed by atoms with E-state index in [-0.39, 0.29) is 22.7 Å². The number of hydrogen-bond acceptors (Lipinski definition) is 5. The zero-order valence-electron chi connectivity index (χ0n) is 15.6. The second-order valence-corrected chi connectivity index (χ2v) is 6.12. The van der Waals surface area contributed by atoms with E-state index >= 15 is 0 Å². The van der Waals surface area contributed by atoms with Crippen molar-refractivity contribution in [1.82, 2.24) is 0 Å². The molecule has 0 unspecified atom stereocenters. The van der Waals surface area contributed by atoms with E-state index in [4.69, 9.17) is 9.47 Å². The molecule has 6 heteroatoms. The first-order valence-corrected chi connectivity index (χ1v) is 8.73. The molecule has 0 saturated heterocycles. The maximum Gasteiger partial charge on any atom is 0.338 e. The molecule has 0 bridgehead atoms. The third kappa shape index (κ3) is 4.73. The largest absolute Gasteiger partial charge is 0.494 e. The number of carbonyl (C=O) groups is 3. The number of methoxy groups -OCH3 is 1. The normalized spacial score (nSPS) is 10.3. The molecular weight excluding hydrogens is 375 g/mol. The lowest BCUT2D eigenvalue weighted by Crippen LogP contribution is -2.14. The highest BCUT2D eigenvalue weighted by atomic mass is 19.1. The molecule has 0 heterocycles. The standard InChI is InChI=1S/C23H17FO5/c1-28-21-12-11-18(13-19(21)24)20(25)14-29-23(27)17-9-7-16(8-10-17)22(26)15-5-3-2-4-6-15/h2-13H,14H2,1H3. The molecule has 0 aromatic heterocycles.